The van der Waals surface area contributed by atoms with Crippen molar-refractivity contribution in [3.05, 3.63) is 40.9 Å². The smallest absolute Gasteiger partial charge is 0.149 e. The molecular weight excluding hydrogens is 203 g/mol. The Bertz CT molecular complexity index is 546. The first-order valence-corrected chi connectivity index (χ1v) is 4.24. The number of nitriles is 1. The van der Waals surface area contributed by atoms with Crippen LogP contribution in [0.1, 0.15) is 5.69 Å². The Kier molecular flexibility index (Phi) is 2.06. The summed E-state index contributed by atoms with van der Waals surface area (Å²) in [6, 6.07) is 6.40. The monoisotopic (exact) mass is 206 g/mol. The fourth-order valence-corrected chi connectivity index (χ4v) is 1.45. The second-order valence-electron chi connectivity index (χ2n) is 2.73. The van der Waals surface area contributed by atoms with Gasteiger partial charge in [0, 0.05) is 17.0 Å². The van der Waals surface area contributed by atoms with Gasteiger partial charge in [0.05, 0.1) is 5.02 Å². The van der Waals surface area contributed by atoms with Crippen LogP contribution < -0.4 is 0 Å². The van der Waals surface area contributed by atoms with E-state index in [1.54, 1.807) is 6.07 Å². The number of hydrogen-bond donors (Lipinski definition) is 0. The third-order valence-electron chi connectivity index (χ3n) is 1.94. The van der Waals surface area contributed by atoms with Crippen LogP contribution in [0.5, 0.6) is 0 Å². The first kappa shape index (κ1) is 8.92. The zero-order chi connectivity index (χ0) is 10.1. The van der Waals surface area contributed by atoms with Gasteiger partial charge < -0.3 is 0 Å². The number of nitrogens with zero attached hydrogens (tertiary/aromatic N) is 2. The molecule has 0 bridgehead atoms. The predicted molar refractivity (Wildman–Crippen MR) is 51.4 cm³/mol. The van der Waals surface area contributed by atoms with Crippen LogP contribution in [-0.2, 0) is 0 Å². The van der Waals surface area contributed by atoms with E-state index in [1.165, 1.54) is 18.3 Å². The van der Waals surface area contributed by atoms with E-state index in [0.29, 0.717) is 10.8 Å². The number of benzene rings is 1. The highest BCUT2D eigenvalue weighted by atomic mass is 35.5. The molecule has 0 spiro atoms. The minimum atomic E-state index is -0.511. The second kappa shape index (κ2) is 3.24. The van der Waals surface area contributed by atoms with Crippen LogP contribution >= 0.6 is 11.6 Å². The summed E-state index contributed by atoms with van der Waals surface area (Å²) in [5.74, 6) is -0.511. The summed E-state index contributed by atoms with van der Waals surface area (Å²) in [6.45, 7) is 0. The van der Waals surface area contributed by atoms with Crippen molar-refractivity contribution in [2.45, 2.75) is 0 Å². The summed E-state index contributed by atoms with van der Waals surface area (Å²) >= 11 is 5.60. The maximum absolute atomic E-state index is 13.4. The van der Waals surface area contributed by atoms with Gasteiger partial charge in [0.2, 0.25) is 0 Å². The van der Waals surface area contributed by atoms with Gasteiger partial charge in [-0.25, -0.2) is 9.37 Å². The molecule has 0 atom stereocenters. The molecule has 0 saturated heterocycles. The van der Waals surface area contributed by atoms with Gasteiger partial charge in [0.1, 0.15) is 17.6 Å². The van der Waals surface area contributed by atoms with Gasteiger partial charge in [-0.3, -0.25) is 0 Å². The van der Waals surface area contributed by atoms with E-state index in [9.17, 15) is 4.39 Å². The lowest BCUT2D eigenvalue weighted by Crippen LogP contribution is -1.88. The van der Waals surface area contributed by atoms with Crippen LogP contribution in [0.3, 0.4) is 0 Å². The third kappa shape index (κ3) is 1.21. The first-order valence-electron chi connectivity index (χ1n) is 3.87. The van der Waals surface area contributed by atoms with Gasteiger partial charge in [-0.2, -0.15) is 5.26 Å². The molecule has 2 rings (SSSR count). The molecule has 2 nitrogen and oxygen atoms in total. The average Bonchev–Trinajstić information content (AvgIpc) is 2.23. The lowest BCUT2D eigenvalue weighted by atomic mass is 10.1. The molecule has 0 aliphatic carbocycles. The maximum Gasteiger partial charge on any atom is 0.149 e. The Morgan fingerprint density at radius 2 is 2.07 bits per heavy atom. The van der Waals surface area contributed by atoms with Crippen molar-refractivity contribution in [3.8, 4) is 6.07 Å². The molecule has 0 N–H and O–H groups in total. The van der Waals surface area contributed by atoms with Crippen molar-refractivity contribution >= 4 is 22.4 Å². The molecule has 0 unspecified atom stereocenters. The highest BCUT2D eigenvalue weighted by Gasteiger charge is 2.08. The van der Waals surface area contributed by atoms with Gasteiger partial charge in [-0.05, 0) is 18.2 Å². The molecule has 0 aliphatic rings. The van der Waals surface area contributed by atoms with Crippen molar-refractivity contribution < 1.29 is 4.39 Å². The Hall–Kier alpha value is -1.66. The molecule has 0 fully saturated rings. The van der Waals surface area contributed by atoms with E-state index in [1.807, 2.05) is 6.07 Å². The number of rotatable bonds is 0. The van der Waals surface area contributed by atoms with Gasteiger partial charge in [0.15, 0.2) is 0 Å². The first-order chi connectivity index (χ1) is 6.74. The number of pyridine rings is 1. The molecule has 1 aromatic heterocycles. The molecule has 1 aromatic carbocycles. The Morgan fingerprint density at radius 3 is 2.79 bits per heavy atom. The van der Waals surface area contributed by atoms with Crippen LogP contribution in [0.25, 0.3) is 10.8 Å². The van der Waals surface area contributed by atoms with E-state index in [-0.39, 0.29) is 10.7 Å². The quantitative estimate of drug-likeness (QED) is 0.665. The van der Waals surface area contributed by atoms with Crippen molar-refractivity contribution in [1.29, 1.82) is 5.26 Å². The zero-order valence-electron chi connectivity index (χ0n) is 6.96. The van der Waals surface area contributed by atoms with Crippen molar-refractivity contribution in [2.24, 2.45) is 0 Å². The Morgan fingerprint density at radius 1 is 1.29 bits per heavy atom. The van der Waals surface area contributed by atoms with Crippen LogP contribution in [0, 0.1) is 17.1 Å². The summed E-state index contributed by atoms with van der Waals surface area (Å²) in [4.78, 5) is 3.83. The van der Waals surface area contributed by atoms with E-state index in [2.05, 4.69) is 4.98 Å². The van der Waals surface area contributed by atoms with Gasteiger partial charge in [0.25, 0.3) is 0 Å². The number of fused-ring (bicyclic) bond motifs is 1. The highest BCUT2D eigenvalue weighted by Crippen LogP contribution is 2.25. The summed E-state index contributed by atoms with van der Waals surface area (Å²) in [7, 11) is 0. The molecule has 0 amide bonds. The molecule has 2 aromatic rings. The zero-order valence-corrected chi connectivity index (χ0v) is 7.72. The van der Waals surface area contributed by atoms with Gasteiger partial charge >= 0.3 is 0 Å². The van der Waals surface area contributed by atoms with Crippen LogP contribution in [0.2, 0.25) is 5.02 Å². The van der Waals surface area contributed by atoms with E-state index >= 15 is 0 Å². The standard InChI is InChI=1S/C10H4ClFN2/c11-8-2-1-6-7(10(8)12)3-4-14-9(6)5-13/h1-4H. The van der Waals surface area contributed by atoms with E-state index in [4.69, 9.17) is 16.9 Å². The molecule has 1 heterocycles. The molecule has 14 heavy (non-hydrogen) atoms. The van der Waals surface area contributed by atoms with Gasteiger partial charge in [-0.15, -0.1) is 0 Å². The van der Waals surface area contributed by atoms with Gasteiger partial charge in [-0.1, -0.05) is 11.6 Å². The van der Waals surface area contributed by atoms with E-state index < -0.39 is 5.82 Å². The Balaban J connectivity index is 2.95. The minimum absolute atomic E-state index is 0.0487. The lowest BCUT2D eigenvalue weighted by molar-refractivity contribution is 0.640. The minimum Gasteiger partial charge on any atom is -0.245 e. The number of aromatic nitrogens is 1. The summed E-state index contributed by atoms with van der Waals surface area (Å²) in [6.07, 6.45) is 1.39. The molecule has 0 saturated carbocycles. The van der Waals surface area contributed by atoms with E-state index in [0.717, 1.165) is 0 Å². The van der Waals surface area contributed by atoms with Crippen LogP contribution in [0.4, 0.5) is 4.39 Å². The highest BCUT2D eigenvalue weighted by molar-refractivity contribution is 6.31. The fraction of sp³-hybridized carbons (Fsp3) is 0. The topological polar surface area (TPSA) is 36.7 Å². The van der Waals surface area contributed by atoms with Crippen molar-refractivity contribution in [2.75, 3.05) is 0 Å². The fourth-order valence-electron chi connectivity index (χ4n) is 1.28. The molecular formula is C10H4ClFN2. The normalized spacial score (nSPS) is 10.1. The average molecular weight is 207 g/mol. The molecule has 0 radical (unpaired) electrons. The van der Waals surface area contributed by atoms with Crippen LogP contribution in [0.15, 0.2) is 24.4 Å². The Labute approximate surface area is 84.6 Å². The van der Waals surface area contributed by atoms with Crippen molar-refractivity contribution in [3.63, 3.8) is 0 Å². The lowest BCUT2D eigenvalue weighted by Gasteiger charge is -2.01. The second-order valence-corrected chi connectivity index (χ2v) is 3.14. The number of halogens is 2. The number of hydrogen-bond acceptors (Lipinski definition) is 2. The summed E-state index contributed by atoms with van der Waals surface area (Å²) in [5, 5.41) is 9.58. The maximum atomic E-state index is 13.4. The molecule has 4 heteroatoms. The summed E-state index contributed by atoms with van der Waals surface area (Å²) in [5.41, 5.74) is 0.207. The largest absolute Gasteiger partial charge is 0.245 e. The SMILES string of the molecule is N#Cc1nccc2c(F)c(Cl)ccc12. The van der Waals surface area contributed by atoms with Crippen LogP contribution in [-0.4, -0.2) is 4.98 Å². The predicted octanol–water partition coefficient (Wildman–Crippen LogP) is 2.90. The molecule has 0 aliphatic heterocycles. The third-order valence-corrected chi connectivity index (χ3v) is 2.23. The van der Waals surface area contributed by atoms with Crippen molar-refractivity contribution in [1.82, 2.24) is 4.98 Å². The molecule has 68 valence electrons. The summed E-state index contributed by atoms with van der Waals surface area (Å²) < 4.78 is 13.4.